The Morgan fingerprint density at radius 1 is 1.20 bits per heavy atom. The monoisotopic (exact) mass is 268 g/mol. The van der Waals surface area contributed by atoms with Crippen LogP contribution < -0.4 is 0 Å². The molecule has 0 amide bonds. The minimum Gasteiger partial charge on any atom is -0.0673 e. The van der Waals surface area contributed by atoms with Gasteiger partial charge in [-0.05, 0) is 62.5 Å². The molecule has 0 heteroatoms. The summed E-state index contributed by atoms with van der Waals surface area (Å²) in [6, 6.07) is 7.13. The molecule has 0 radical (unpaired) electrons. The highest BCUT2D eigenvalue weighted by atomic mass is 14.4. The van der Waals surface area contributed by atoms with Gasteiger partial charge < -0.3 is 0 Å². The van der Waals surface area contributed by atoms with E-state index in [-0.39, 0.29) is 5.41 Å². The van der Waals surface area contributed by atoms with Crippen LogP contribution in [0, 0.1) is 12.8 Å². The van der Waals surface area contributed by atoms with Crippen LogP contribution in [0.15, 0.2) is 29.3 Å². The van der Waals surface area contributed by atoms with E-state index in [0.717, 1.165) is 5.92 Å². The molecule has 2 aliphatic rings. The number of benzene rings is 1. The van der Waals surface area contributed by atoms with Gasteiger partial charge in [-0.15, -0.1) is 0 Å². The Morgan fingerprint density at radius 3 is 2.65 bits per heavy atom. The summed E-state index contributed by atoms with van der Waals surface area (Å²) in [5.41, 5.74) is 8.51. The van der Waals surface area contributed by atoms with Crippen LogP contribution in [0.4, 0.5) is 0 Å². The Hall–Kier alpha value is -1.04. The lowest BCUT2D eigenvalue weighted by atomic mass is 9.64. The maximum absolute atomic E-state index is 2.49. The molecule has 0 N–H and O–H groups in total. The number of aryl methyl sites for hydroxylation is 2. The maximum Gasteiger partial charge on any atom is 0.0136 e. The van der Waals surface area contributed by atoms with E-state index in [9.17, 15) is 0 Å². The molecule has 0 aromatic heterocycles. The van der Waals surface area contributed by atoms with Crippen LogP contribution in [-0.2, 0) is 11.8 Å². The van der Waals surface area contributed by atoms with Crippen LogP contribution in [0.3, 0.4) is 0 Å². The van der Waals surface area contributed by atoms with Gasteiger partial charge in [0.2, 0.25) is 0 Å². The van der Waals surface area contributed by atoms with Crippen molar-refractivity contribution >= 4 is 0 Å². The smallest absolute Gasteiger partial charge is 0.0136 e. The van der Waals surface area contributed by atoms with E-state index in [2.05, 4.69) is 45.9 Å². The summed E-state index contributed by atoms with van der Waals surface area (Å²) < 4.78 is 0. The van der Waals surface area contributed by atoms with Crippen molar-refractivity contribution in [1.29, 1.82) is 0 Å². The van der Waals surface area contributed by atoms with E-state index in [1.165, 1.54) is 44.1 Å². The van der Waals surface area contributed by atoms with Gasteiger partial charge in [-0.25, -0.2) is 0 Å². The first-order valence-electron chi connectivity index (χ1n) is 8.38. The van der Waals surface area contributed by atoms with Crippen molar-refractivity contribution < 1.29 is 0 Å². The van der Waals surface area contributed by atoms with Gasteiger partial charge >= 0.3 is 0 Å². The van der Waals surface area contributed by atoms with Gasteiger partial charge in [0.25, 0.3) is 0 Å². The van der Waals surface area contributed by atoms with Crippen molar-refractivity contribution in [3.63, 3.8) is 0 Å². The molecule has 1 saturated carbocycles. The van der Waals surface area contributed by atoms with Crippen LogP contribution in [0.1, 0.15) is 69.6 Å². The zero-order valence-electron chi connectivity index (χ0n) is 13.6. The van der Waals surface area contributed by atoms with Crippen molar-refractivity contribution in [2.45, 2.75) is 71.6 Å². The minimum atomic E-state index is 0.287. The van der Waals surface area contributed by atoms with Crippen molar-refractivity contribution in [2.75, 3.05) is 0 Å². The molecular formula is C20H28. The first kappa shape index (κ1) is 13.9. The standard InChI is InChI=1S/C20H28/c1-5-20(4)18-11-9-14(2)13-16(18)10-12-19(20)17-8-6-7-15(17)3/h9,11,13,15H,5-8,10,12H2,1-4H3/b19-17-/t15-,20+/m0/s1. The Labute approximate surface area is 124 Å². The summed E-state index contributed by atoms with van der Waals surface area (Å²) in [5.74, 6) is 0.822. The van der Waals surface area contributed by atoms with Gasteiger partial charge in [-0.1, -0.05) is 55.7 Å². The fourth-order valence-electron chi connectivity index (χ4n) is 4.55. The summed E-state index contributed by atoms with van der Waals surface area (Å²) in [5, 5.41) is 0. The van der Waals surface area contributed by atoms with E-state index in [4.69, 9.17) is 0 Å². The summed E-state index contributed by atoms with van der Waals surface area (Å²) in [4.78, 5) is 0. The molecule has 0 unspecified atom stereocenters. The molecule has 0 nitrogen and oxygen atoms in total. The third-order valence-corrected chi connectivity index (χ3v) is 5.94. The summed E-state index contributed by atoms with van der Waals surface area (Å²) in [6.45, 7) is 9.52. The lowest BCUT2D eigenvalue weighted by molar-refractivity contribution is 0.475. The molecule has 20 heavy (non-hydrogen) atoms. The molecular weight excluding hydrogens is 240 g/mol. The molecule has 1 aromatic rings. The SMILES string of the molecule is CC[C@@]1(C)/C(=C2/CCC[C@@H]2C)CCc2cc(C)ccc21. The van der Waals surface area contributed by atoms with Crippen LogP contribution in [0.25, 0.3) is 0 Å². The van der Waals surface area contributed by atoms with E-state index >= 15 is 0 Å². The van der Waals surface area contributed by atoms with E-state index in [1.807, 2.05) is 0 Å². The molecule has 1 fully saturated rings. The first-order chi connectivity index (χ1) is 9.56. The van der Waals surface area contributed by atoms with Crippen molar-refractivity contribution in [3.05, 3.63) is 46.0 Å². The van der Waals surface area contributed by atoms with Crippen molar-refractivity contribution in [1.82, 2.24) is 0 Å². The minimum absolute atomic E-state index is 0.287. The van der Waals surface area contributed by atoms with Gasteiger partial charge in [-0.2, -0.15) is 0 Å². The normalized spacial score (nSPS) is 33.3. The zero-order valence-corrected chi connectivity index (χ0v) is 13.6. The van der Waals surface area contributed by atoms with E-state index in [1.54, 1.807) is 22.3 Å². The van der Waals surface area contributed by atoms with Crippen molar-refractivity contribution in [2.24, 2.45) is 5.92 Å². The molecule has 0 heterocycles. The Kier molecular flexibility index (Phi) is 3.52. The Bertz CT molecular complexity index is 549. The molecule has 0 bridgehead atoms. The number of hydrogen-bond donors (Lipinski definition) is 0. The molecule has 3 rings (SSSR count). The zero-order chi connectivity index (χ0) is 14.3. The predicted molar refractivity (Wildman–Crippen MR) is 87.2 cm³/mol. The highest BCUT2D eigenvalue weighted by Gasteiger charge is 2.37. The predicted octanol–water partition coefficient (Wildman–Crippen LogP) is 5.73. The second-order valence-corrected chi connectivity index (χ2v) is 7.14. The Morgan fingerprint density at radius 2 is 2.00 bits per heavy atom. The van der Waals surface area contributed by atoms with Crippen molar-refractivity contribution in [3.8, 4) is 0 Å². The lowest BCUT2D eigenvalue weighted by Gasteiger charge is -2.40. The average Bonchev–Trinajstić information content (AvgIpc) is 2.85. The maximum atomic E-state index is 2.49. The molecule has 0 saturated heterocycles. The summed E-state index contributed by atoms with van der Waals surface area (Å²) in [6.07, 6.45) is 7.93. The fourth-order valence-corrected chi connectivity index (χ4v) is 4.55. The molecule has 1 aromatic carbocycles. The second-order valence-electron chi connectivity index (χ2n) is 7.14. The van der Waals surface area contributed by atoms with Gasteiger partial charge in [0.1, 0.15) is 0 Å². The Balaban J connectivity index is 2.15. The fraction of sp³-hybridized carbons (Fsp3) is 0.600. The molecule has 0 spiro atoms. The molecule has 2 atom stereocenters. The van der Waals surface area contributed by atoms with Crippen LogP contribution >= 0.6 is 0 Å². The van der Waals surface area contributed by atoms with E-state index < -0.39 is 0 Å². The third kappa shape index (κ3) is 2.05. The molecule has 0 aliphatic heterocycles. The largest absolute Gasteiger partial charge is 0.0673 e. The second kappa shape index (κ2) is 5.06. The van der Waals surface area contributed by atoms with E-state index in [0.29, 0.717) is 0 Å². The number of hydrogen-bond acceptors (Lipinski definition) is 0. The average molecular weight is 268 g/mol. The summed E-state index contributed by atoms with van der Waals surface area (Å²) in [7, 11) is 0. The summed E-state index contributed by atoms with van der Waals surface area (Å²) >= 11 is 0. The van der Waals surface area contributed by atoms with Crippen LogP contribution in [0.5, 0.6) is 0 Å². The van der Waals surface area contributed by atoms with Crippen LogP contribution in [0.2, 0.25) is 0 Å². The number of rotatable bonds is 1. The van der Waals surface area contributed by atoms with Gasteiger partial charge in [0.15, 0.2) is 0 Å². The quantitative estimate of drug-likeness (QED) is 0.571. The highest BCUT2D eigenvalue weighted by Crippen LogP contribution is 2.48. The number of allylic oxidation sites excluding steroid dienone is 2. The molecule has 2 aliphatic carbocycles. The van der Waals surface area contributed by atoms with Gasteiger partial charge in [-0.3, -0.25) is 0 Å². The van der Waals surface area contributed by atoms with Gasteiger partial charge in [0, 0.05) is 5.41 Å². The topological polar surface area (TPSA) is 0 Å². The number of fused-ring (bicyclic) bond motifs is 1. The van der Waals surface area contributed by atoms with Gasteiger partial charge in [0.05, 0.1) is 0 Å². The lowest BCUT2D eigenvalue weighted by Crippen LogP contribution is -2.31. The van der Waals surface area contributed by atoms with Crippen LogP contribution in [-0.4, -0.2) is 0 Å². The highest BCUT2D eigenvalue weighted by molar-refractivity contribution is 5.48. The first-order valence-corrected chi connectivity index (χ1v) is 8.38. The third-order valence-electron chi connectivity index (χ3n) is 5.94. The molecule has 108 valence electrons.